The largest absolute Gasteiger partial charge is 0.397 e. The van der Waals surface area contributed by atoms with E-state index in [2.05, 4.69) is 10.6 Å². The number of fused-ring (bicyclic) bond motifs is 1. The van der Waals surface area contributed by atoms with Crippen LogP contribution in [0.25, 0.3) is 10.1 Å². The molecule has 0 saturated heterocycles. The van der Waals surface area contributed by atoms with Gasteiger partial charge in [-0.2, -0.15) is 0 Å². The van der Waals surface area contributed by atoms with Gasteiger partial charge in [-0.25, -0.2) is 0 Å². The summed E-state index contributed by atoms with van der Waals surface area (Å²) in [6, 6.07) is 5.78. The summed E-state index contributed by atoms with van der Waals surface area (Å²) in [5, 5.41) is 5.88. The molecule has 0 aliphatic rings. The molecule has 0 saturated carbocycles. The molecule has 0 aliphatic heterocycles. The van der Waals surface area contributed by atoms with Crippen LogP contribution in [-0.2, 0) is 4.79 Å². The second-order valence-electron chi connectivity index (χ2n) is 4.15. The maximum Gasteiger partial charge on any atom is 0.263 e. The van der Waals surface area contributed by atoms with E-state index in [-0.39, 0.29) is 18.4 Å². The Kier molecular flexibility index (Phi) is 3.71. The molecule has 0 aliphatic carbocycles. The van der Waals surface area contributed by atoms with Crippen LogP contribution in [0.1, 0.15) is 15.2 Å². The third-order valence-corrected chi connectivity index (χ3v) is 4.20. The molecule has 4 N–H and O–H groups in total. The Labute approximate surface area is 114 Å². The molecule has 0 spiro atoms. The molecule has 1 aromatic heterocycles. The SMILES string of the molecule is CNC(=O)CNC(=O)c1sc2c(C)cccc2c1N. The van der Waals surface area contributed by atoms with Crippen LogP contribution < -0.4 is 16.4 Å². The molecule has 100 valence electrons. The quantitative estimate of drug-likeness (QED) is 0.790. The molecule has 0 bridgehead atoms. The molecule has 19 heavy (non-hydrogen) atoms. The zero-order valence-electron chi connectivity index (χ0n) is 10.7. The molecule has 2 aromatic rings. The molecule has 0 fully saturated rings. The van der Waals surface area contributed by atoms with Crippen LogP contribution in [0, 0.1) is 6.92 Å². The first-order valence-corrected chi connectivity index (χ1v) is 6.62. The van der Waals surface area contributed by atoms with E-state index in [9.17, 15) is 9.59 Å². The molecule has 2 amide bonds. The average molecular weight is 277 g/mol. The van der Waals surface area contributed by atoms with E-state index in [0.717, 1.165) is 15.6 Å². The summed E-state index contributed by atoms with van der Waals surface area (Å²) < 4.78 is 1.00. The smallest absolute Gasteiger partial charge is 0.263 e. The van der Waals surface area contributed by atoms with Crippen molar-refractivity contribution in [3.05, 3.63) is 28.6 Å². The van der Waals surface area contributed by atoms with Gasteiger partial charge < -0.3 is 16.4 Å². The Morgan fingerprint density at radius 2 is 2.11 bits per heavy atom. The monoisotopic (exact) mass is 277 g/mol. The van der Waals surface area contributed by atoms with Crippen molar-refractivity contribution >= 4 is 38.9 Å². The number of rotatable bonds is 3. The van der Waals surface area contributed by atoms with Crippen molar-refractivity contribution in [1.29, 1.82) is 0 Å². The van der Waals surface area contributed by atoms with Crippen molar-refractivity contribution in [1.82, 2.24) is 10.6 Å². The summed E-state index contributed by atoms with van der Waals surface area (Å²) in [6.45, 7) is 1.92. The van der Waals surface area contributed by atoms with Gasteiger partial charge in [0, 0.05) is 17.1 Å². The highest BCUT2D eigenvalue weighted by molar-refractivity contribution is 7.21. The molecular weight excluding hydrogens is 262 g/mol. The lowest BCUT2D eigenvalue weighted by Gasteiger charge is -2.02. The number of benzene rings is 1. The average Bonchev–Trinajstić information content (AvgIpc) is 2.75. The van der Waals surface area contributed by atoms with Crippen molar-refractivity contribution in [2.75, 3.05) is 19.3 Å². The lowest BCUT2D eigenvalue weighted by atomic mass is 10.1. The van der Waals surface area contributed by atoms with E-state index in [4.69, 9.17) is 5.73 Å². The lowest BCUT2D eigenvalue weighted by molar-refractivity contribution is -0.119. The number of carbonyl (C=O) groups excluding carboxylic acids is 2. The van der Waals surface area contributed by atoms with Gasteiger partial charge in [0.1, 0.15) is 4.88 Å². The van der Waals surface area contributed by atoms with Gasteiger partial charge in [-0.05, 0) is 12.5 Å². The number of anilines is 1. The number of carbonyl (C=O) groups is 2. The van der Waals surface area contributed by atoms with Gasteiger partial charge in [-0.1, -0.05) is 18.2 Å². The summed E-state index contributed by atoms with van der Waals surface area (Å²) in [5.74, 6) is -0.564. The van der Waals surface area contributed by atoms with Crippen molar-refractivity contribution in [2.45, 2.75) is 6.92 Å². The minimum atomic E-state index is -0.318. The molecule has 0 radical (unpaired) electrons. The first-order valence-electron chi connectivity index (χ1n) is 5.81. The minimum absolute atomic E-state index is 0.0536. The van der Waals surface area contributed by atoms with Gasteiger partial charge in [-0.3, -0.25) is 9.59 Å². The number of likely N-dealkylation sites (N-methyl/N-ethyl adjacent to an activating group) is 1. The fourth-order valence-corrected chi connectivity index (χ4v) is 2.88. The number of nitrogen functional groups attached to an aromatic ring is 1. The van der Waals surface area contributed by atoms with E-state index in [1.807, 2.05) is 25.1 Å². The van der Waals surface area contributed by atoms with Crippen LogP contribution in [0.4, 0.5) is 5.69 Å². The Morgan fingerprint density at radius 3 is 2.74 bits per heavy atom. The topological polar surface area (TPSA) is 84.2 Å². The minimum Gasteiger partial charge on any atom is -0.397 e. The first kappa shape index (κ1) is 13.4. The second kappa shape index (κ2) is 5.27. The normalized spacial score (nSPS) is 10.4. The van der Waals surface area contributed by atoms with Crippen molar-refractivity contribution in [3.63, 3.8) is 0 Å². The molecular formula is C13H15N3O2S. The molecule has 5 nitrogen and oxygen atoms in total. The van der Waals surface area contributed by atoms with Crippen LogP contribution in [0.15, 0.2) is 18.2 Å². The van der Waals surface area contributed by atoms with Gasteiger partial charge >= 0.3 is 0 Å². The van der Waals surface area contributed by atoms with E-state index in [1.165, 1.54) is 18.4 Å². The highest BCUT2D eigenvalue weighted by Crippen LogP contribution is 2.35. The van der Waals surface area contributed by atoms with Crippen molar-refractivity contribution in [3.8, 4) is 0 Å². The summed E-state index contributed by atoms with van der Waals surface area (Å²) in [7, 11) is 1.52. The van der Waals surface area contributed by atoms with Crippen molar-refractivity contribution < 1.29 is 9.59 Å². The Morgan fingerprint density at radius 1 is 1.37 bits per heavy atom. The van der Waals surface area contributed by atoms with Crippen molar-refractivity contribution in [2.24, 2.45) is 0 Å². The summed E-state index contributed by atoms with van der Waals surface area (Å²) in [5.41, 5.74) is 7.55. The molecule has 0 atom stereocenters. The van der Waals surface area contributed by atoms with Gasteiger partial charge in [0.05, 0.1) is 12.2 Å². The number of thiophene rings is 1. The second-order valence-corrected chi connectivity index (χ2v) is 5.17. The van der Waals surface area contributed by atoms with E-state index in [0.29, 0.717) is 10.6 Å². The van der Waals surface area contributed by atoms with E-state index < -0.39 is 0 Å². The van der Waals surface area contributed by atoms with Gasteiger partial charge in [0.2, 0.25) is 5.91 Å². The molecule has 1 aromatic carbocycles. The van der Waals surface area contributed by atoms with E-state index in [1.54, 1.807) is 0 Å². The van der Waals surface area contributed by atoms with Crippen LogP contribution >= 0.6 is 11.3 Å². The Bertz CT molecular complexity index is 649. The number of nitrogens with two attached hydrogens (primary N) is 1. The predicted octanol–water partition coefficient (Wildman–Crippen LogP) is 1.27. The summed E-state index contributed by atoms with van der Waals surface area (Å²) in [4.78, 5) is 23.6. The number of aryl methyl sites for hydroxylation is 1. The number of amides is 2. The standard InChI is InChI=1S/C13H15N3O2S/c1-7-4-3-5-8-10(14)12(19-11(7)8)13(18)16-6-9(17)15-2/h3-5H,6,14H2,1-2H3,(H,15,17)(H,16,18). The highest BCUT2D eigenvalue weighted by Gasteiger charge is 2.17. The van der Waals surface area contributed by atoms with Crippen LogP contribution in [-0.4, -0.2) is 25.4 Å². The maximum atomic E-state index is 12.0. The molecule has 6 heteroatoms. The van der Waals surface area contributed by atoms with Crippen LogP contribution in [0.5, 0.6) is 0 Å². The highest BCUT2D eigenvalue weighted by atomic mass is 32.1. The fourth-order valence-electron chi connectivity index (χ4n) is 1.78. The third kappa shape index (κ3) is 2.53. The Hall–Kier alpha value is -2.08. The van der Waals surface area contributed by atoms with E-state index >= 15 is 0 Å². The van der Waals surface area contributed by atoms with Gasteiger partial charge in [0.15, 0.2) is 0 Å². The summed E-state index contributed by atoms with van der Waals surface area (Å²) in [6.07, 6.45) is 0. The number of nitrogens with one attached hydrogen (secondary N) is 2. The molecule has 2 rings (SSSR count). The molecule has 1 heterocycles. The maximum absolute atomic E-state index is 12.0. The summed E-state index contributed by atoms with van der Waals surface area (Å²) >= 11 is 1.35. The zero-order chi connectivity index (χ0) is 14.0. The molecule has 0 unspecified atom stereocenters. The van der Waals surface area contributed by atoms with Gasteiger partial charge in [0.25, 0.3) is 5.91 Å². The van der Waals surface area contributed by atoms with Gasteiger partial charge in [-0.15, -0.1) is 11.3 Å². The van der Waals surface area contributed by atoms with Crippen LogP contribution in [0.3, 0.4) is 0 Å². The zero-order valence-corrected chi connectivity index (χ0v) is 11.6. The number of hydrogen-bond donors (Lipinski definition) is 3. The predicted molar refractivity (Wildman–Crippen MR) is 77.4 cm³/mol. The first-order chi connectivity index (χ1) is 9.04. The fraction of sp³-hybridized carbons (Fsp3) is 0.231. The number of hydrogen-bond acceptors (Lipinski definition) is 4. The Balaban J connectivity index is 2.30. The lowest BCUT2D eigenvalue weighted by Crippen LogP contribution is -2.35. The third-order valence-electron chi connectivity index (χ3n) is 2.85. The van der Waals surface area contributed by atoms with Crippen LogP contribution in [0.2, 0.25) is 0 Å².